The minimum Gasteiger partial charge on any atom is -0.483 e. The van der Waals surface area contributed by atoms with Crippen molar-refractivity contribution in [2.24, 2.45) is 0 Å². The highest BCUT2D eigenvalue weighted by Gasteiger charge is 2.15. The Morgan fingerprint density at radius 3 is 2.60 bits per heavy atom. The minimum absolute atomic E-state index is 0.0410. The van der Waals surface area contributed by atoms with Gasteiger partial charge in [0.1, 0.15) is 17.9 Å². The van der Waals surface area contributed by atoms with E-state index in [2.05, 4.69) is 0 Å². The van der Waals surface area contributed by atoms with Gasteiger partial charge in [0.15, 0.2) is 6.61 Å². The zero-order valence-electron chi connectivity index (χ0n) is 14.1. The summed E-state index contributed by atoms with van der Waals surface area (Å²) in [6, 6.07) is 15.4. The van der Waals surface area contributed by atoms with E-state index in [9.17, 15) is 9.59 Å². The molecule has 2 aromatic carbocycles. The zero-order valence-corrected chi connectivity index (χ0v) is 14.1. The molecular weight excluding hydrogens is 320 g/mol. The number of esters is 1. The van der Waals surface area contributed by atoms with Crippen LogP contribution in [0.4, 0.5) is 0 Å². The number of amides is 1. The van der Waals surface area contributed by atoms with Crippen LogP contribution in [0.2, 0.25) is 0 Å². The van der Waals surface area contributed by atoms with Crippen molar-refractivity contribution in [2.45, 2.75) is 6.61 Å². The number of para-hydroxylation sites is 1. The van der Waals surface area contributed by atoms with Gasteiger partial charge >= 0.3 is 5.97 Å². The fourth-order valence-electron chi connectivity index (χ4n) is 1.99. The first-order valence-electron chi connectivity index (χ1n) is 7.59. The molecule has 0 aromatic heterocycles. The lowest BCUT2D eigenvalue weighted by molar-refractivity contribution is -0.130. The van der Waals surface area contributed by atoms with Crippen LogP contribution in [0.1, 0.15) is 21.5 Å². The highest BCUT2D eigenvalue weighted by molar-refractivity contribution is 5.92. The number of carbonyl (C=O) groups is 2. The molecule has 0 radical (unpaired) electrons. The molecule has 0 aliphatic heterocycles. The van der Waals surface area contributed by atoms with Gasteiger partial charge in [-0.3, -0.25) is 4.79 Å². The van der Waals surface area contributed by atoms with Gasteiger partial charge in [0.25, 0.3) is 5.91 Å². The molecule has 0 spiro atoms. The molecule has 0 aliphatic rings. The SMILES string of the molecule is CN(C)C(=O)COc1ccccc1C(=O)OCc1cccc(C#N)c1. The van der Waals surface area contributed by atoms with E-state index < -0.39 is 5.97 Å². The smallest absolute Gasteiger partial charge is 0.342 e. The number of likely N-dealkylation sites (N-methyl/N-ethyl adjacent to an activating group) is 1. The molecule has 128 valence electrons. The summed E-state index contributed by atoms with van der Waals surface area (Å²) in [6.45, 7) is -0.124. The molecule has 2 aromatic rings. The van der Waals surface area contributed by atoms with Crippen molar-refractivity contribution in [3.8, 4) is 11.8 Å². The second-order valence-corrected chi connectivity index (χ2v) is 5.46. The van der Waals surface area contributed by atoms with E-state index in [0.29, 0.717) is 11.1 Å². The molecule has 0 heterocycles. The van der Waals surface area contributed by atoms with Crippen molar-refractivity contribution in [1.29, 1.82) is 5.26 Å². The fraction of sp³-hybridized carbons (Fsp3) is 0.211. The maximum Gasteiger partial charge on any atom is 0.342 e. The van der Waals surface area contributed by atoms with Crippen LogP contribution in [-0.4, -0.2) is 37.5 Å². The van der Waals surface area contributed by atoms with Gasteiger partial charge in [-0.2, -0.15) is 5.26 Å². The number of nitrogens with zero attached hydrogens (tertiary/aromatic N) is 2. The normalized spacial score (nSPS) is 9.80. The number of ether oxygens (including phenoxy) is 2. The Bertz CT molecular complexity index is 809. The molecule has 25 heavy (non-hydrogen) atoms. The summed E-state index contributed by atoms with van der Waals surface area (Å²) in [5.74, 6) is -0.486. The van der Waals surface area contributed by atoms with Gasteiger partial charge in [0.05, 0.1) is 11.6 Å². The van der Waals surface area contributed by atoms with E-state index in [1.807, 2.05) is 6.07 Å². The predicted molar refractivity (Wildman–Crippen MR) is 90.9 cm³/mol. The second-order valence-electron chi connectivity index (χ2n) is 5.46. The quantitative estimate of drug-likeness (QED) is 0.756. The van der Waals surface area contributed by atoms with E-state index in [-0.39, 0.29) is 30.4 Å². The van der Waals surface area contributed by atoms with Gasteiger partial charge in [0.2, 0.25) is 0 Å². The third kappa shape index (κ3) is 5.08. The van der Waals surface area contributed by atoms with Crippen LogP contribution in [0.25, 0.3) is 0 Å². The van der Waals surface area contributed by atoms with Crippen LogP contribution in [-0.2, 0) is 16.1 Å². The Balaban J connectivity index is 2.04. The van der Waals surface area contributed by atoms with Crippen LogP contribution < -0.4 is 4.74 Å². The van der Waals surface area contributed by atoms with Crippen LogP contribution in [0.3, 0.4) is 0 Å². The van der Waals surface area contributed by atoms with Gasteiger partial charge in [0, 0.05) is 14.1 Å². The van der Waals surface area contributed by atoms with Crippen molar-refractivity contribution < 1.29 is 19.1 Å². The summed E-state index contributed by atoms with van der Waals surface area (Å²) in [5.41, 5.74) is 1.46. The van der Waals surface area contributed by atoms with Crippen LogP contribution in [0.5, 0.6) is 5.75 Å². The molecular formula is C19H18N2O4. The van der Waals surface area contributed by atoms with Crippen LogP contribution in [0.15, 0.2) is 48.5 Å². The summed E-state index contributed by atoms with van der Waals surface area (Å²) in [5, 5.41) is 8.89. The molecule has 6 heteroatoms. The van der Waals surface area contributed by atoms with E-state index in [0.717, 1.165) is 0 Å². The highest BCUT2D eigenvalue weighted by atomic mass is 16.5. The molecule has 0 saturated heterocycles. The largest absolute Gasteiger partial charge is 0.483 e. The van der Waals surface area contributed by atoms with Crippen molar-refractivity contribution in [1.82, 2.24) is 4.90 Å². The highest BCUT2D eigenvalue weighted by Crippen LogP contribution is 2.20. The maximum absolute atomic E-state index is 12.3. The number of nitriles is 1. The second kappa shape index (κ2) is 8.50. The molecule has 0 atom stereocenters. The number of hydrogen-bond donors (Lipinski definition) is 0. The van der Waals surface area contributed by atoms with E-state index in [4.69, 9.17) is 14.7 Å². The third-order valence-electron chi connectivity index (χ3n) is 3.38. The van der Waals surface area contributed by atoms with Gasteiger partial charge in [-0.1, -0.05) is 24.3 Å². The summed E-state index contributed by atoms with van der Waals surface area (Å²) in [4.78, 5) is 25.3. The maximum atomic E-state index is 12.3. The third-order valence-corrected chi connectivity index (χ3v) is 3.38. The molecule has 0 fully saturated rings. The standard InChI is InChI=1S/C19H18N2O4/c1-21(2)18(22)13-24-17-9-4-3-8-16(17)19(23)25-12-15-7-5-6-14(10-15)11-20/h3-10H,12-13H2,1-2H3. The Hall–Kier alpha value is -3.33. The average molecular weight is 338 g/mol. The zero-order chi connectivity index (χ0) is 18.2. The van der Waals surface area contributed by atoms with E-state index in [1.165, 1.54) is 4.90 Å². The first-order valence-corrected chi connectivity index (χ1v) is 7.59. The number of hydrogen-bond acceptors (Lipinski definition) is 5. The summed E-state index contributed by atoms with van der Waals surface area (Å²) < 4.78 is 10.7. The molecule has 0 unspecified atom stereocenters. The lowest BCUT2D eigenvalue weighted by Gasteiger charge is -2.13. The van der Waals surface area contributed by atoms with Crippen molar-refractivity contribution in [3.05, 3.63) is 65.2 Å². The molecule has 2 rings (SSSR count). The van der Waals surface area contributed by atoms with E-state index >= 15 is 0 Å². The first-order chi connectivity index (χ1) is 12.0. The van der Waals surface area contributed by atoms with Gasteiger partial charge in [-0.25, -0.2) is 4.79 Å². The van der Waals surface area contributed by atoms with E-state index in [1.54, 1.807) is 62.6 Å². The van der Waals surface area contributed by atoms with Crippen LogP contribution in [0, 0.1) is 11.3 Å². The number of benzene rings is 2. The Morgan fingerprint density at radius 1 is 1.12 bits per heavy atom. The van der Waals surface area contributed by atoms with Crippen LogP contribution >= 0.6 is 0 Å². The lowest BCUT2D eigenvalue weighted by atomic mass is 10.1. The molecule has 0 N–H and O–H groups in total. The Morgan fingerprint density at radius 2 is 1.88 bits per heavy atom. The molecule has 0 bridgehead atoms. The molecule has 6 nitrogen and oxygen atoms in total. The summed E-state index contributed by atoms with van der Waals surface area (Å²) >= 11 is 0. The fourth-order valence-corrected chi connectivity index (χ4v) is 1.99. The predicted octanol–water partition coefficient (Wildman–Crippen LogP) is 2.38. The minimum atomic E-state index is -0.560. The Kier molecular flexibility index (Phi) is 6.13. The first kappa shape index (κ1) is 18.0. The monoisotopic (exact) mass is 338 g/mol. The van der Waals surface area contributed by atoms with Gasteiger partial charge < -0.3 is 14.4 Å². The van der Waals surface area contributed by atoms with Gasteiger partial charge in [-0.05, 0) is 29.8 Å². The number of carbonyl (C=O) groups excluding carboxylic acids is 2. The van der Waals surface area contributed by atoms with Crippen molar-refractivity contribution >= 4 is 11.9 Å². The van der Waals surface area contributed by atoms with Gasteiger partial charge in [-0.15, -0.1) is 0 Å². The molecule has 0 saturated carbocycles. The van der Waals surface area contributed by atoms with Crippen molar-refractivity contribution in [3.63, 3.8) is 0 Å². The summed E-state index contributed by atoms with van der Waals surface area (Å²) in [6.07, 6.45) is 0. The number of rotatable bonds is 6. The summed E-state index contributed by atoms with van der Waals surface area (Å²) in [7, 11) is 3.25. The molecule has 1 amide bonds. The Labute approximate surface area is 146 Å². The lowest BCUT2D eigenvalue weighted by Crippen LogP contribution is -2.27. The molecule has 0 aliphatic carbocycles. The topological polar surface area (TPSA) is 79.6 Å². The van der Waals surface area contributed by atoms with Crippen molar-refractivity contribution in [2.75, 3.05) is 20.7 Å². The average Bonchev–Trinajstić information content (AvgIpc) is 2.64.